The molecule has 3 heterocycles. The van der Waals surface area contributed by atoms with E-state index in [-0.39, 0.29) is 53.2 Å². The maximum absolute atomic E-state index is 13.3. The van der Waals surface area contributed by atoms with Crippen molar-refractivity contribution in [1.82, 2.24) is 24.7 Å². The monoisotopic (exact) mass is 658 g/mol. The summed E-state index contributed by atoms with van der Waals surface area (Å²) in [5.74, 6) is -3.63. The number of carbonyl (C=O) groups is 6. The third kappa shape index (κ3) is 5.91. The van der Waals surface area contributed by atoms with Gasteiger partial charge in [-0.1, -0.05) is 6.07 Å². The molecule has 48 heavy (non-hydrogen) atoms. The molecule has 3 aliphatic rings. The number of nitrogens with one attached hydrogen (secondary N) is 3. The fourth-order valence-corrected chi connectivity index (χ4v) is 6.22. The van der Waals surface area contributed by atoms with Gasteiger partial charge in [-0.2, -0.15) is 0 Å². The van der Waals surface area contributed by atoms with Gasteiger partial charge < -0.3 is 22.1 Å². The summed E-state index contributed by atoms with van der Waals surface area (Å²) >= 11 is 0. The Kier molecular flexibility index (Phi) is 8.56. The van der Waals surface area contributed by atoms with Gasteiger partial charge in [0.15, 0.2) is 0 Å². The molecule has 0 radical (unpaired) electrons. The molecule has 3 aromatic rings. The lowest BCUT2D eigenvalue weighted by molar-refractivity contribution is -0.136. The van der Waals surface area contributed by atoms with E-state index in [0.29, 0.717) is 37.0 Å². The largest absolute Gasteiger partial charge is 0.398 e. The molecule has 1 saturated heterocycles. The number of benzene rings is 2. The second-order valence-corrected chi connectivity index (χ2v) is 12.1. The number of hydrogen-bond donors (Lipinski definition) is 5. The lowest BCUT2D eigenvalue weighted by Crippen LogP contribution is -2.54. The van der Waals surface area contributed by atoms with Crippen molar-refractivity contribution in [3.8, 4) is 0 Å². The van der Waals surface area contributed by atoms with E-state index in [2.05, 4.69) is 16.0 Å². The Bertz CT molecular complexity index is 2030. The smallest absolute Gasteiger partial charge is 0.332 e. The van der Waals surface area contributed by atoms with Gasteiger partial charge in [-0.05, 0) is 62.8 Å². The van der Waals surface area contributed by atoms with E-state index in [0.717, 1.165) is 22.3 Å². The third-order valence-corrected chi connectivity index (χ3v) is 8.78. The summed E-state index contributed by atoms with van der Waals surface area (Å²) in [4.78, 5) is 102. The summed E-state index contributed by atoms with van der Waals surface area (Å²) in [5, 5.41) is 8.16. The first-order chi connectivity index (χ1) is 23.0. The van der Waals surface area contributed by atoms with Gasteiger partial charge >= 0.3 is 5.69 Å². The predicted molar refractivity (Wildman–Crippen MR) is 172 cm³/mol. The summed E-state index contributed by atoms with van der Waals surface area (Å²) in [6, 6.07) is 6.32. The summed E-state index contributed by atoms with van der Waals surface area (Å²) < 4.78 is 2.29. The van der Waals surface area contributed by atoms with Gasteiger partial charge in [0.1, 0.15) is 12.6 Å². The molecule has 2 aromatic carbocycles. The van der Waals surface area contributed by atoms with Crippen LogP contribution in [0, 0.1) is 0 Å². The number of amides is 6. The Hall–Kier alpha value is -5.80. The van der Waals surface area contributed by atoms with Gasteiger partial charge in [-0.15, -0.1) is 0 Å². The van der Waals surface area contributed by atoms with Crippen LogP contribution in [0.25, 0.3) is 10.9 Å². The SMILES string of the molecule is NC(=O)c1cc2c(=O)n(CC(=O)NCCCCCNc3cccc4c3C(=O)N(C3CCC(=O)NC3=O)C4=O)c(=O)n(C3CC3)c2cc1N. The van der Waals surface area contributed by atoms with Crippen molar-refractivity contribution in [2.75, 3.05) is 24.1 Å². The number of nitrogens with two attached hydrogens (primary N) is 2. The highest BCUT2D eigenvalue weighted by Gasteiger charge is 2.45. The molecule has 16 nitrogen and oxygen atoms in total. The number of hydrogen-bond acceptors (Lipinski definition) is 10. The van der Waals surface area contributed by atoms with E-state index >= 15 is 0 Å². The van der Waals surface area contributed by atoms with Crippen LogP contribution < -0.4 is 38.7 Å². The van der Waals surface area contributed by atoms with E-state index in [1.54, 1.807) is 12.1 Å². The number of unbranched alkanes of at least 4 members (excludes halogenated alkanes) is 2. The molecule has 0 spiro atoms. The molecule has 6 amide bonds. The Morgan fingerprint density at radius 1 is 0.938 bits per heavy atom. The van der Waals surface area contributed by atoms with Crippen LogP contribution in [0.15, 0.2) is 39.9 Å². The maximum atomic E-state index is 13.3. The zero-order chi connectivity index (χ0) is 34.3. The second-order valence-electron chi connectivity index (χ2n) is 12.1. The molecule has 1 aliphatic carbocycles. The number of rotatable bonds is 12. The first kappa shape index (κ1) is 32.2. The Morgan fingerprint density at radius 3 is 2.40 bits per heavy atom. The van der Waals surface area contributed by atoms with Crippen LogP contribution in [0.2, 0.25) is 0 Å². The van der Waals surface area contributed by atoms with Gasteiger partial charge in [-0.25, -0.2) is 4.79 Å². The van der Waals surface area contributed by atoms with E-state index in [4.69, 9.17) is 11.5 Å². The summed E-state index contributed by atoms with van der Waals surface area (Å²) in [6.45, 7) is 0.240. The Labute approximate surface area is 272 Å². The molecule has 250 valence electrons. The van der Waals surface area contributed by atoms with Crippen LogP contribution in [0.5, 0.6) is 0 Å². The molecule has 7 N–H and O–H groups in total. The number of fused-ring (bicyclic) bond motifs is 2. The lowest BCUT2D eigenvalue weighted by Gasteiger charge is -2.27. The second kappa shape index (κ2) is 12.8. The number of anilines is 2. The zero-order valence-corrected chi connectivity index (χ0v) is 25.9. The molecule has 2 fully saturated rings. The topological polar surface area (TPSA) is 238 Å². The van der Waals surface area contributed by atoms with Gasteiger partial charge in [0.25, 0.3) is 23.3 Å². The molecule has 0 bridgehead atoms. The van der Waals surface area contributed by atoms with Crippen molar-refractivity contribution in [2.45, 2.75) is 63.6 Å². The van der Waals surface area contributed by atoms with Crippen molar-refractivity contribution in [1.29, 1.82) is 0 Å². The number of piperidine rings is 1. The number of nitrogens with zero attached hydrogens (tertiary/aromatic N) is 3. The van der Waals surface area contributed by atoms with E-state index in [9.17, 15) is 38.4 Å². The van der Waals surface area contributed by atoms with Crippen LogP contribution in [-0.4, -0.2) is 68.6 Å². The van der Waals surface area contributed by atoms with Crippen molar-refractivity contribution in [3.05, 3.63) is 67.9 Å². The lowest BCUT2D eigenvalue weighted by atomic mass is 10.0. The molecule has 1 atom stereocenters. The summed E-state index contributed by atoms with van der Waals surface area (Å²) in [7, 11) is 0. The Morgan fingerprint density at radius 2 is 1.69 bits per heavy atom. The molecule has 6 rings (SSSR count). The third-order valence-electron chi connectivity index (χ3n) is 8.78. The fourth-order valence-electron chi connectivity index (χ4n) is 6.22. The minimum atomic E-state index is -1.05. The Balaban J connectivity index is 1.02. The first-order valence-electron chi connectivity index (χ1n) is 15.7. The molecule has 16 heteroatoms. The quantitative estimate of drug-likeness (QED) is 0.0990. The highest BCUT2D eigenvalue weighted by atomic mass is 16.2. The van der Waals surface area contributed by atoms with Crippen LogP contribution in [-0.2, 0) is 20.9 Å². The van der Waals surface area contributed by atoms with E-state index in [1.165, 1.54) is 22.8 Å². The van der Waals surface area contributed by atoms with Crippen LogP contribution in [0.1, 0.15) is 82.1 Å². The molecular formula is C32H34N8O8. The van der Waals surface area contributed by atoms with Crippen molar-refractivity contribution >= 4 is 57.7 Å². The molecule has 1 unspecified atom stereocenters. The normalized spacial score (nSPS) is 17.4. The van der Waals surface area contributed by atoms with Crippen LogP contribution >= 0.6 is 0 Å². The average molecular weight is 659 g/mol. The summed E-state index contributed by atoms with van der Waals surface area (Å²) in [5.41, 5.74) is 11.1. The van der Waals surface area contributed by atoms with Gasteiger partial charge in [0.05, 0.1) is 27.6 Å². The van der Waals surface area contributed by atoms with Crippen LogP contribution in [0.4, 0.5) is 11.4 Å². The average Bonchev–Trinajstić information content (AvgIpc) is 3.84. The first-order valence-corrected chi connectivity index (χ1v) is 15.7. The zero-order valence-electron chi connectivity index (χ0n) is 25.9. The highest BCUT2D eigenvalue weighted by Crippen LogP contribution is 2.36. The van der Waals surface area contributed by atoms with Gasteiger partial charge in [0.2, 0.25) is 17.7 Å². The van der Waals surface area contributed by atoms with E-state index < -0.39 is 59.3 Å². The fraction of sp³-hybridized carbons (Fsp3) is 0.375. The number of carbonyl (C=O) groups excluding carboxylic acids is 6. The minimum absolute atomic E-state index is 0.0343. The van der Waals surface area contributed by atoms with Crippen molar-refractivity contribution in [3.63, 3.8) is 0 Å². The van der Waals surface area contributed by atoms with Gasteiger partial charge in [-0.3, -0.25) is 52.9 Å². The molecule has 1 saturated carbocycles. The number of nitrogen functional groups attached to an aromatic ring is 1. The van der Waals surface area contributed by atoms with Crippen molar-refractivity contribution in [2.24, 2.45) is 5.73 Å². The number of primary amides is 1. The molecular weight excluding hydrogens is 624 g/mol. The number of aromatic nitrogens is 2. The van der Waals surface area contributed by atoms with Crippen molar-refractivity contribution < 1.29 is 28.8 Å². The predicted octanol–water partition coefficient (Wildman–Crippen LogP) is -0.0210. The van der Waals surface area contributed by atoms with E-state index in [1.807, 2.05) is 0 Å². The summed E-state index contributed by atoms with van der Waals surface area (Å²) in [6.07, 6.45) is 3.48. The highest BCUT2D eigenvalue weighted by molar-refractivity contribution is 6.25. The standard InChI is InChI=1S/C32H34N8O8/c33-20-14-23-19(13-18(20)27(34)43)29(45)38(32(48)39(23)16-7-8-16)15-25(42)36-12-3-1-2-11-35-21-6-4-5-17-26(21)31(47)40(30(17)46)22-9-10-24(41)37-28(22)44/h4-6,13-14,16,22,35H,1-3,7-12,15,33H2,(H2,34,43)(H,36,42)(H,37,41,44). The molecule has 1 aromatic heterocycles. The molecule has 2 aliphatic heterocycles. The minimum Gasteiger partial charge on any atom is -0.398 e. The maximum Gasteiger partial charge on any atom is 0.332 e. The van der Waals surface area contributed by atoms with Crippen LogP contribution in [0.3, 0.4) is 0 Å². The van der Waals surface area contributed by atoms with Gasteiger partial charge in [0, 0.05) is 36.9 Å². The number of imide groups is 2.